The van der Waals surface area contributed by atoms with Crippen LogP contribution in [0.1, 0.15) is 5.56 Å². The summed E-state index contributed by atoms with van der Waals surface area (Å²) in [5.74, 6) is 0.625. The van der Waals surface area contributed by atoms with Crippen molar-refractivity contribution in [3.8, 4) is 5.75 Å². The van der Waals surface area contributed by atoms with Crippen molar-refractivity contribution in [1.29, 1.82) is 0 Å². The minimum Gasteiger partial charge on any atom is -0.497 e. The van der Waals surface area contributed by atoms with Crippen molar-refractivity contribution in [2.75, 3.05) is 7.11 Å². The molecule has 16 heavy (non-hydrogen) atoms. The zero-order valence-corrected chi connectivity index (χ0v) is 8.58. The molecule has 6 heteroatoms. The van der Waals surface area contributed by atoms with Crippen LogP contribution in [0.4, 0.5) is 13.2 Å². The highest BCUT2D eigenvalue weighted by molar-refractivity contribution is 5.26. The van der Waals surface area contributed by atoms with E-state index in [1.54, 1.807) is 24.3 Å². The molecule has 2 N–H and O–H groups in total. The lowest BCUT2D eigenvalue weighted by atomic mass is 10.2. The second kappa shape index (κ2) is 5.18. The topological polar surface area (TPSA) is 41.5 Å². The van der Waals surface area contributed by atoms with Crippen molar-refractivity contribution in [3.05, 3.63) is 29.8 Å². The predicted molar refractivity (Wildman–Crippen MR) is 51.9 cm³/mol. The van der Waals surface area contributed by atoms with Gasteiger partial charge in [-0.25, -0.2) is 0 Å². The normalized spacial score (nSPS) is 13.6. The molecule has 1 aromatic carbocycles. The highest BCUT2D eigenvalue weighted by atomic mass is 19.4. The van der Waals surface area contributed by atoms with Crippen LogP contribution in [0.5, 0.6) is 5.75 Å². The Morgan fingerprint density at radius 1 is 1.31 bits per heavy atom. The summed E-state index contributed by atoms with van der Waals surface area (Å²) in [7, 11) is 1.50. The van der Waals surface area contributed by atoms with Crippen LogP contribution in [0, 0.1) is 0 Å². The highest BCUT2D eigenvalue weighted by Crippen LogP contribution is 2.18. The van der Waals surface area contributed by atoms with Gasteiger partial charge in [0.25, 0.3) is 0 Å². The molecular weight excluding hydrogens is 223 g/mol. The number of hydrogen-bond acceptors (Lipinski definition) is 3. The lowest BCUT2D eigenvalue weighted by molar-refractivity contribution is -0.213. The van der Waals surface area contributed by atoms with E-state index >= 15 is 0 Å². The first-order valence-electron chi connectivity index (χ1n) is 4.54. The Balaban J connectivity index is 2.48. The van der Waals surface area contributed by atoms with Crippen LogP contribution in [-0.4, -0.2) is 24.6 Å². The molecule has 1 unspecified atom stereocenters. The van der Waals surface area contributed by atoms with Gasteiger partial charge in [0.1, 0.15) is 5.75 Å². The van der Waals surface area contributed by atoms with E-state index in [1.165, 1.54) is 7.11 Å². The largest absolute Gasteiger partial charge is 0.497 e. The Bertz CT molecular complexity index is 324. The fourth-order valence-corrected chi connectivity index (χ4v) is 1.07. The molecule has 0 aliphatic carbocycles. The van der Waals surface area contributed by atoms with Crippen LogP contribution in [0.25, 0.3) is 0 Å². The van der Waals surface area contributed by atoms with E-state index in [1.807, 2.05) is 5.32 Å². The van der Waals surface area contributed by atoms with Gasteiger partial charge in [0.05, 0.1) is 7.11 Å². The predicted octanol–water partition coefficient (Wildman–Crippen LogP) is 1.67. The molecular formula is C10H12F3NO2. The minimum absolute atomic E-state index is 0.0648. The molecule has 0 aliphatic heterocycles. The van der Waals surface area contributed by atoms with Crippen molar-refractivity contribution in [3.63, 3.8) is 0 Å². The van der Waals surface area contributed by atoms with Crippen molar-refractivity contribution in [1.82, 2.24) is 5.32 Å². The van der Waals surface area contributed by atoms with Gasteiger partial charge in [-0.05, 0) is 17.7 Å². The van der Waals surface area contributed by atoms with E-state index in [0.29, 0.717) is 11.3 Å². The maximum Gasteiger partial charge on any atom is 0.427 e. The van der Waals surface area contributed by atoms with Crippen molar-refractivity contribution < 1.29 is 23.0 Å². The Labute approximate surface area is 90.8 Å². The zero-order chi connectivity index (χ0) is 12.2. The molecule has 0 fully saturated rings. The summed E-state index contributed by atoms with van der Waals surface area (Å²) in [6, 6.07) is 6.51. The number of methoxy groups -OCH3 is 1. The molecule has 3 nitrogen and oxygen atoms in total. The number of ether oxygens (including phenoxy) is 1. The van der Waals surface area contributed by atoms with Gasteiger partial charge in [0.2, 0.25) is 6.23 Å². The number of nitrogens with one attached hydrogen (secondary N) is 1. The minimum atomic E-state index is -4.65. The third-order valence-electron chi connectivity index (χ3n) is 1.97. The van der Waals surface area contributed by atoms with Gasteiger partial charge < -0.3 is 9.84 Å². The number of halogens is 3. The summed E-state index contributed by atoms with van der Waals surface area (Å²) in [4.78, 5) is 0. The van der Waals surface area contributed by atoms with Crippen LogP contribution < -0.4 is 10.1 Å². The van der Waals surface area contributed by atoms with E-state index in [9.17, 15) is 13.2 Å². The molecule has 0 saturated carbocycles. The van der Waals surface area contributed by atoms with Crippen LogP contribution in [0.15, 0.2) is 24.3 Å². The number of aliphatic hydroxyl groups is 1. The van der Waals surface area contributed by atoms with Crippen molar-refractivity contribution in [2.45, 2.75) is 18.9 Å². The summed E-state index contributed by atoms with van der Waals surface area (Å²) in [6.45, 7) is -0.0648. The van der Waals surface area contributed by atoms with Gasteiger partial charge >= 0.3 is 6.18 Å². The second-order valence-electron chi connectivity index (χ2n) is 3.17. The molecule has 0 bridgehead atoms. The molecule has 90 valence electrons. The Kier molecular flexibility index (Phi) is 4.14. The summed E-state index contributed by atoms with van der Waals surface area (Å²) in [5.41, 5.74) is 0.629. The summed E-state index contributed by atoms with van der Waals surface area (Å²) in [6.07, 6.45) is -7.15. The highest BCUT2D eigenvalue weighted by Gasteiger charge is 2.37. The average molecular weight is 235 g/mol. The molecule has 1 rings (SSSR count). The molecule has 0 saturated heterocycles. The first-order chi connectivity index (χ1) is 7.43. The van der Waals surface area contributed by atoms with E-state index in [4.69, 9.17) is 9.84 Å². The molecule has 0 heterocycles. The maximum atomic E-state index is 11.9. The molecule has 0 aromatic heterocycles. The molecule has 0 spiro atoms. The van der Waals surface area contributed by atoms with E-state index < -0.39 is 12.4 Å². The monoisotopic (exact) mass is 235 g/mol. The summed E-state index contributed by atoms with van der Waals surface area (Å²) < 4.78 is 40.7. The van der Waals surface area contributed by atoms with Gasteiger partial charge in [0.15, 0.2) is 0 Å². The Morgan fingerprint density at radius 3 is 2.31 bits per heavy atom. The molecule has 0 aliphatic rings. The first kappa shape index (κ1) is 12.8. The SMILES string of the molecule is COc1ccc(CNC(O)C(F)(F)F)cc1. The zero-order valence-electron chi connectivity index (χ0n) is 8.58. The fraction of sp³-hybridized carbons (Fsp3) is 0.400. The van der Waals surface area contributed by atoms with E-state index in [2.05, 4.69) is 0 Å². The quantitative estimate of drug-likeness (QED) is 0.780. The molecule has 1 aromatic rings. The number of hydrogen-bond donors (Lipinski definition) is 2. The summed E-state index contributed by atoms with van der Waals surface area (Å²) in [5, 5.41) is 10.7. The van der Waals surface area contributed by atoms with Gasteiger partial charge in [-0.3, -0.25) is 5.32 Å². The number of alkyl halides is 3. The smallest absolute Gasteiger partial charge is 0.427 e. The third-order valence-corrected chi connectivity index (χ3v) is 1.97. The van der Waals surface area contributed by atoms with Crippen molar-refractivity contribution in [2.24, 2.45) is 0 Å². The lowest BCUT2D eigenvalue weighted by Crippen LogP contribution is -2.41. The second-order valence-corrected chi connectivity index (χ2v) is 3.17. The van der Waals surface area contributed by atoms with Crippen molar-refractivity contribution >= 4 is 0 Å². The molecule has 0 amide bonds. The first-order valence-corrected chi connectivity index (χ1v) is 4.54. The van der Waals surface area contributed by atoms with Crippen LogP contribution >= 0.6 is 0 Å². The van der Waals surface area contributed by atoms with Crippen LogP contribution in [-0.2, 0) is 6.54 Å². The van der Waals surface area contributed by atoms with Crippen LogP contribution in [0.2, 0.25) is 0 Å². The number of aliphatic hydroxyl groups excluding tert-OH is 1. The van der Waals surface area contributed by atoms with Gasteiger partial charge in [-0.15, -0.1) is 0 Å². The van der Waals surface area contributed by atoms with Crippen LogP contribution in [0.3, 0.4) is 0 Å². The molecule has 1 atom stereocenters. The van der Waals surface area contributed by atoms with Gasteiger partial charge in [-0.1, -0.05) is 12.1 Å². The average Bonchev–Trinajstić information content (AvgIpc) is 2.25. The number of rotatable bonds is 4. The summed E-state index contributed by atoms with van der Waals surface area (Å²) >= 11 is 0. The lowest BCUT2D eigenvalue weighted by Gasteiger charge is -2.15. The van der Waals surface area contributed by atoms with Gasteiger partial charge in [-0.2, -0.15) is 13.2 Å². The molecule has 0 radical (unpaired) electrons. The van der Waals surface area contributed by atoms with E-state index in [0.717, 1.165) is 0 Å². The standard InChI is InChI=1S/C10H12F3NO2/c1-16-8-4-2-7(3-5-8)6-14-9(15)10(11,12)13/h2-5,9,14-15H,6H2,1H3. The van der Waals surface area contributed by atoms with Gasteiger partial charge in [0, 0.05) is 6.54 Å². The fourth-order valence-electron chi connectivity index (χ4n) is 1.07. The Morgan fingerprint density at radius 2 is 1.88 bits per heavy atom. The third kappa shape index (κ3) is 3.71. The maximum absolute atomic E-state index is 11.9. The number of benzene rings is 1. The Hall–Kier alpha value is -1.27. The van der Waals surface area contributed by atoms with E-state index in [-0.39, 0.29) is 6.54 Å².